The number of methoxy groups -OCH3 is 1. The predicted octanol–water partition coefficient (Wildman–Crippen LogP) is 1.67. The lowest BCUT2D eigenvalue weighted by Crippen LogP contribution is -2.27. The fraction of sp³-hybridized carbons (Fsp3) is 0.429. The number of benzene rings is 1. The average Bonchev–Trinajstić information content (AvgIpc) is 2.40. The normalized spacial score (nSPS) is 9.53. The molecule has 0 aromatic heterocycles. The maximum absolute atomic E-state index is 11.1. The largest absolute Gasteiger partial charge is 0.493 e. The van der Waals surface area contributed by atoms with Crippen LogP contribution in [-0.4, -0.2) is 32.7 Å². The van der Waals surface area contributed by atoms with Crippen LogP contribution in [0.25, 0.3) is 4.85 Å². The second-order valence-corrected chi connectivity index (χ2v) is 3.83. The molecule has 0 radical (unpaired) electrons. The van der Waals surface area contributed by atoms with E-state index < -0.39 is 0 Å². The van der Waals surface area contributed by atoms with Crippen LogP contribution in [-0.2, 0) is 11.2 Å². The van der Waals surface area contributed by atoms with Gasteiger partial charge in [0.1, 0.15) is 0 Å². The second-order valence-electron chi connectivity index (χ2n) is 3.83. The van der Waals surface area contributed by atoms with Gasteiger partial charge in [-0.15, -0.1) is 0 Å². The van der Waals surface area contributed by atoms with Crippen LogP contribution in [0.3, 0.4) is 0 Å². The molecule has 5 nitrogen and oxygen atoms in total. The van der Waals surface area contributed by atoms with Gasteiger partial charge in [-0.05, 0) is 31.0 Å². The van der Waals surface area contributed by atoms with Crippen molar-refractivity contribution in [2.75, 3.05) is 26.8 Å². The summed E-state index contributed by atoms with van der Waals surface area (Å²) in [5.74, 6) is 1.16. The first-order chi connectivity index (χ1) is 9.21. The molecule has 1 rings (SSSR count). The van der Waals surface area contributed by atoms with Crippen molar-refractivity contribution in [2.24, 2.45) is 0 Å². The molecule has 19 heavy (non-hydrogen) atoms. The Bertz CT molecular complexity index is 466. The van der Waals surface area contributed by atoms with E-state index in [1.807, 2.05) is 25.1 Å². The summed E-state index contributed by atoms with van der Waals surface area (Å²) in [4.78, 5) is 14.2. The van der Waals surface area contributed by atoms with Crippen molar-refractivity contribution >= 4 is 5.91 Å². The molecule has 0 unspecified atom stereocenters. The van der Waals surface area contributed by atoms with E-state index in [-0.39, 0.29) is 12.5 Å². The summed E-state index contributed by atoms with van der Waals surface area (Å²) in [6.45, 7) is 9.46. The lowest BCUT2D eigenvalue weighted by atomic mass is 10.1. The summed E-state index contributed by atoms with van der Waals surface area (Å²) in [7, 11) is 1.60. The van der Waals surface area contributed by atoms with Gasteiger partial charge in [-0.3, -0.25) is 4.79 Å². The highest BCUT2D eigenvalue weighted by atomic mass is 16.5. The fourth-order valence-electron chi connectivity index (χ4n) is 1.62. The summed E-state index contributed by atoms with van der Waals surface area (Å²) in [6.07, 6.45) is 0.688. The van der Waals surface area contributed by atoms with Crippen LogP contribution in [0.1, 0.15) is 12.5 Å². The van der Waals surface area contributed by atoms with E-state index in [4.69, 9.17) is 16.0 Å². The van der Waals surface area contributed by atoms with Crippen molar-refractivity contribution in [3.05, 3.63) is 35.2 Å². The van der Waals surface area contributed by atoms with Crippen molar-refractivity contribution in [1.82, 2.24) is 5.32 Å². The summed E-state index contributed by atoms with van der Waals surface area (Å²) in [6, 6.07) is 5.69. The van der Waals surface area contributed by atoms with Gasteiger partial charge in [0, 0.05) is 6.54 Å². The summed E-state index contributed by atoms with van der Waals surface area (Å²) in [5, 5.41) is 2.69. The topological polar surface area (TPSA) is 51.9 Å². The van der Waals surface area contributed by atoms with Crippen molar-refractivity contribution in [1.29, 1.82) is 0 Å². The smallest absolute Gasteiger partial charge is 0.300 e. The molecule has 0 heterocycles. The minimum Gasteiger partial charge on any atom is -0.493 e. The third-order valence-electron chi connectivity index (χ3n) is 2.49. The van der Waals surface area contributed by atoms with E-state index in [1.165, 1.54) is 0 Å². The molecule has 1 aromatic carbocycles. The Morgan fingerprint density at radius 2 is 2.21 bits per heavy atom. The highest BCUT2D eigenvalue weighted by Gasteiger charge is 2.06. The molecule has 0 bridgehead atoms. The summed E-state index contributed by atoms with van der Waals surface area (Å²) < 4.78 is 10.7. The predicted molar refractivity (Wildman–Crippen MR) is 72.3 cm³/mol. The maximum atomic E-state index is 11.1. The van der Waals surface area contributed by atoms with Gasteiger partial charge in [-0.25, -0.2) is 6.57 Å². The van der Waals surface area contributed by atoms with E-state index >= 15 is 0 Å². The highest BCUT2D eigenvalue weighted by molar-refractivity contribution is 5.79. The summed E-state index contributed by atoms with van der Waals surface area (Å²) >= 11 is 0. The molecule has 0 aliphatic rings. The van der Waals surface area contributed by atoms with E-state index in [0.717, 1.165) is 5.56 Å². The SMILES string of the molecule is [C-]#[N+]CC(=O)NCCc1ccc(OC)c(OCC)c1. The highest BCUT2D eigenvalue weighted by Crippen LogP contribution is 2.28. The van der Waals surface area contributed by atoms with Gasteiger partial charge in [-0.2, -0.15) is 0 Å². The van der Waals surface area contributed by atoms with Crippen LogP contribution in [0.4, 0.5) is 0 Å². The zero-order valence-electron chi connectivity index (χ0n) is 11.2. The molecule has 0 aliphatic heterocycles. The van der Waals surface area contributed by atoms with Gasteiger partial charge in [0.2, 0.25) is 0 Å². The Labute approximate surface area is 113 Å². The molecule has 0 atom stereocenters. The molecule has 0 saturated heterocycles. The van der Waals surface area contributed by atoms with Crippen molar-refractivity contribution in [2.45, 2.75) is 13.3 Å². The second kappa shape index (κ2) is 7.98. The minimum atomic E-state index is -0.242. The number of nitrogens with zero attached hydrogens (tertiary/aromatic N) is 1. The van der Waals surface area contributed by atoms with Crippen LogP contribution in [0.2, 0.25) is 0 Å². The first-order valence-corrected chi connectivity index (χ1v) is 6.10. The van der Waals surface area contributed by atoms with Crippen LogP contribution in [0.15, 0.2) is 18.2 Å². The van der Waals surface area contributed by atoms with Gasteiger partial charge in [0.15, 0.2) is 11.5 Å². The Balaban J connectivity index is 2.57. The molecule has 1 amide bonds. The average molecular weight is 262 g/mol. The molecule has 0 aliphatic carbocycles. The number of rotatable bonds is 7. The number of hydrogen-bond donors (Lipinski definition) is 1. The van der Waals surface area contributed by atoms with E-state index in [1.54, 1.807) is 7.11 Å². The Morgan fingerprint density at radius 1 is 1.42 bits per heavy atom. The number of ether oxygens (including phenoxy) is 2. The van der Waals surface area contributed by atoms with Crippen molar-refractivity contribution < 1.29 is 14.3 Å². The van der Waals surface area contributed by atoms with E-state index in [0.29, 0.717) is 31.1 Å². The zero-order valence-corrected chi connectivity index (χ0v) is 11.2. The lowest BCUT2D eigenvalue weighted by molar-refractivity contribution is -0.119. The number of carbonyl (C=O) groups excluding carboxylic acids is 1. The molecule has 0 spiro atoms. The standard InChI is InChI=1S/C14H18N2O3/c1-4-19-13-9-11(5-6-12(13)18-3)7-8-16-14(17)10-15-2/h5-6,9H,4,7-8,10H2,1,3H3,(H,16,17). The summed E-state index contributed by atoms with van der Waals surface area (Å²) in [5.41, 5.74) is 1.05. The molecule has 1 N–H and O–H groups in total. The molecule has 102 valence electrons. The number of nitrogens with one attached hydrogen (secondary N) is 1. The van der Waals surface area contributed by atoms with Crippen molar-refractivity contribution in [3.63, 3.8) is 0 Å². The first-order valence-electron chi connectivity index (χ1n) is 6.10. The van der Waals surface area contributed by atoms with Crippen LogP contribution >= 0.6 is 0 Å². The molecule has 5 heteroatoms. The quantitative estimate of drug-likeness (QED) is 0.760. The van der Waals surface area contributed by atoms with E-state index in [9.17, 15) is 4.79 Å². The third kappa shape index (κ3) is 4.88. The van der Waals surface area contributed by atoms with Gasteiger partial charge < -0.3 is 19.6 Å². The monoisotopic (exact) mass is 262 g/mol. The Morgan fingerprint density at radius 3 is 2.84 bits per heavy atom. The third-order valence-corrected chi connectivity index (χ3v) is 2.49. The Kier molecular flexibility index (Phi) is 6.23. The molecular weight excluding hydrogens is 244 g/mol. The van der Waals surface area contributed by atoms with E-state index in [2.05, 4.69) is 10.2 Å². The van der Waals surface area contributed by atoms with Crippen LogP contribution < -0.4 is 14.8 Å². The first kappa shape index (κ1) is 14.8. The molecule has 1 aromatic rings. The van der Waals surface area contributed by atoms with Gasteiger partial charge >= 0.3 is 0 Å². The van der Waals surface area contributed by atoms with Crippen LogP contribution in [0.5, 0.6) is 11.5 Å². The molecule has 0 saturated carbocycles. The minimum absolute atomic E-state index is 0.118. The number of amides is 1. The number of carbonyl (C=O) groups is 1. The van der Waals surface area contributed by atoms with Crippen molar-refractivity contribution in [3.8, 4) is 11.5 Å². The fourth-order valence-corrected chi connectivity index (χ4v) is 1.62. The lowest BCUT2D eigenvalue weighted by Gasteiger charge is -2.11. The molecular formula is C14H18N2O3. The number of hydrogen-bond acceptors (Lipinski definition) is 3. The van der Waals surface area contributed by atoms with Gasteiger partial charge in [-0.1, -0.05) is 6.07 Å². The van der Waals surface area contributed by atoms with Gasteiger partial charge in [0.05, 0.1) is 13.7 Å². The zero-order chi connectivity index (χ0) is 14.1. The van der Waals surface area contributed by atoms with Crippen LogP contribution in [0, 0.1) is 6.57 Å². The molecule has 0 fully saturated rings. The van der Waals surface area contributed by atoms with Gasteiger partial charge in [0.25, 0.3) is 12.5 Å². The maximum Gasteiger partial charge on any atom is 0.300 e. The Hall–Kier alpha value is -2.22.